The molecule has 1 aliphatic heterocycles. The molecule has 1 aliphatic carbocycles. The standard InChI is InChI=1S/C16H22N2O3/c19-15(9-13-5-4-8-17-10-13)18-11-14-12-20-16(21-14)6-2-1-3-7-16/h4-5,8,10,14H,1-3,6-7,9,11-12H2,(H,18,19)/t14-/m1/s1. The average Bonchev–Trinajstić information content (AvgIpc) is 2.90. The van der Waals surface area contributed by atoms with E-state index in [1.807, 2.05) is 12.1 Å². The van der Waals surface area contributed by atoms with E-state index in [-0.39, 0.29) is 17.8 Å². The Kier molecular flexibility index (Phi) is 4.51. The van der Waals surface area contributed by atoms with Crippen LogP contribution in [-0.2, 0) is 20.7 Å². The van der Waals surface area contributed by atoms with Gasteiger partial charge in [-0.05, 0) is 24.5 Å². The molecule has 3 rings (SSSR count). The number of aromatic nitrogens is 1. The van der Waals surface area contributed by atoms with E-state index in [9.17, 15) is 4.79 Å². The van der Waals surface area contributed by atoms with Crippen molar-refractivity contribution >= 4 is 5.91 Å². The molecule has 1 amide bonds. The number of amides is 1. The molecule has 1 N–H and O–H groups in total. The fourth-order valence-electron chi connectivity index (χ4n) is 3.05. The molecule has 1 saturated carbocycles. The van der Waals surface area contributed by atoms with Crippen LogP contribution < -0.4 is 5.32 Å². The fraction of sp³-hybridized carbons (Fsp3) is 0.625. The number of rotatable bonds is 4. The molecule has 0 bridgehead atoms. The Morgan fingerprint density at radius 1 is 1.38 bits per heavy atom. The van der Waals surface area contributed by atoms with Gasteiger partial charge in [-0.2, -0.15) is 0 Å². The first-order valence-electron chi connectivity index (χ1n) is 7.73. The number of carbonyl (C=O) groups is 1. The van der Waals surface area contributed by atoms with E-state index in [2.05, 4.69) is 10.3 Å². The molecule has 1 atom stereocenters. The van der Waals surface area contributed by atoms with Crippen LogP contribution in [0.25, 0.3) is 0 Å². The van der Waals surface area contributed by atoms with Crippen LogP contribution in [0, 0.1) is 0 Å². The minimum Gasteiger partial charge on any atom is -0.353 e. The van der Waals surface area contributed by atoms with Crippen LogP contribution >= 0.6 is 0 Å². The van der Waals surface area contributed by atoms with Gasteiger partial charge in [-0.3, -0.25) is 9.78 Å². The predicted octanol–water partition coefficient (Wildman–Crippen LogP) is 1.82. The highest BCUT2D eigenvalue weighted by molar-refractivity contribution is 5.78. The Morgan fingerprint density at radius 3 is 3.00 bits per heavy atom. The molecule has 1 aromatic rings. The summed E-state index contributed by atoms with van der Waals surface area (Å²) in [5, 5.41) is 2.92. The molecule has 0 radical (unpaired) electrons. The zero-order valence-corrected chi connectivity index (χ0v) is 12.2. The van der Waals surface area contributed by atoms with Crippen molar-refractivity contribution in [2.75, 3.05) is 13.2 Å². The minimum absolute atomic E-state index is 0.00352. The first-order valence-corrected chi connectivity index (χ1v) is 7.73. The van der Waals surface area contributed by atoms with E-state index in [4.69, 9.17) is 9.47 Å². The van der Waals surface area contributed by atoms with Crippen molar-refractivity contribution in [3.63, 3.8) is 0 Å². The molecule has 114 valence electrons. The third-order valence-corrected chi connectivity index (χ3v) is 4.14. The molecule has 21 heavy (non-hydrogen) atoms. The van der Waals surface area contributed by atoms with Crippen molar-refractivity contribution in [3.05, 3.63) is 30.1 Å². The Labute approximate surface area is 125 Å². The molecule has 2 aliphatic rings. The summed E-state index contributed by atoms with van der Waals surface area (Å²) in [4.78, 5) is 15.9. The number of hydrogen-bond donors (Lipinski definition) is 1. The van der Waals surface area contributed by atoms with Crippen molar-refractivity contribution in [2.24, 2.45) is 0 Å². The quantitative estimate of drug-likeness (QED) is 0.919. The van der Waals surface area contributed by atoms with Crippen LogP contribution in [-0.4, -0.2) is 35.9 Å². The van der Waals surface area contributed by atoms with Gasteiger partial charge in [0, 0.05) is 31.8 Å². The van der Waals surface area contributed by atoms with Gasteiger partial charge >= 0.3 is 0 Å². The highest BCUT2D eigenvalue weighted by Crippen LogP contribution is 2.37. The lowest BCUT2D eigenvalue weighted by molar-refractivity contribution is -0.186. The van der Waals surface area contributed by atoms with Crippen molar-refractivity contribution in [1.29, 1.82) is 0 Å². The summed E-state index contributed by atoms with van der Waals surface area (Å²) in [7, 11) is 0. The largest absolute Gasteiger partial charge is 0.353 e. The Hall–Kier alpha value is -1.46. The summed E-state index contributed by atoms with van der Waals surface area (Å²) < 4.78 is 11.9. The summed E-state index contributed by atoms with van der Waals surface area (Å²) in [6, 6.07) is 3.74. The second-order valence-electron chi connectivity index (χ2n) is 5.86. The van der Waals surface area contributed by atoms with Gasteiger partial charge in [0.2, 0.25) is 5.91 Å². The second-order valence-corrected chi connectivity index (χ2v) is 5.86. The van der Waals surface area contributed by atoms with Gasteiger partial charge in [0.1, 0.15) is 6.10 Å². The molecular formula is C16H22N2O3. The maximum atomic E-state index is 11.9. The molecule has 5 heteroatoms. The Bertz CT molecular complexity index is 472. The van der Waals surface area contributed by atoms with Gasteiger partial charge in [0.05, 0.1) is 13.0 Å². The average molecular weight is 290 g/mol. The van der Waals surface area contributed by atoms with Crippen molar-refractivity contribution in [3.8, 4) is 0 Å². The lowest BCUT2D eigenvalue weighted by Crippen LogP contribution is -2.37. The van der Waals surface area contributed by atoms with Crippen LogP contribution in [0.15, 0.2) is 24.5 Å². The molecule has 0 aromatic carbocycles. The highest BCUT2D eigenvalue weighted by atomic mass is 16.7. The zero-order valence-electron chi connectivity index (χ0n) is 12.2. The predicted molar refractivity (Wildman–Crippen MR) is 77.6 cm³/mol. The summed E-state index contributed by atoms with van der Waals surface area (Å²) >= 11 is 0. The second kappa shape index (κ2) is 6.54. The molecule has 1 aromatic heterocycles. The molecule has 2 fully saturated rings. The fourth-order valence-corrected chi connectivity index (χ4v) is 3.05. The minimum atomic E-state index is -0.364. The van der Waals surface area contributed by atoms with E-state index < -0.39 is 0 Å². The smallest absolute Gasteiger partial charge is 0.224 e. The maximum absolute atomic E-state index is 11.9. The molecule has 2 heterocycles. The zero-order chi connectivity index (χ0) is 14.5. The van der Waals surface area contributed by atoms with Crippen LogP contribution in [0.4, 0.5) is 0 Å². The van der Waals surface area contributed by atoms with Gasteiger partial charge in [-0.1, -0.05) is 12.5 Å². The van der Waals surface area contributed by atoms with Gasteiger partial charge < -0.3 is 14.8 Å². The number of pyridine rings is 1. The van der Waals surface area contributed by atoms with E-state index in [0.29, 0.717) is 19.6 Å². The maximum Gasteiger partial charge on any atom is 0.224 e. The third-order valence-electron chi connectivity index (χ3n) is 4.14. The Morgan fingerprint density at radius 2 is 2.24 bits per heavy atom. The van der Waals surface area contributed by atoms with E-state index >= 15 is 0 Å². The molecule has 0 unspecified atom stereocenters. The highest BCUT2D eigenvalue weighted by Gasteiger charge is 2.42. The number of nitrogens with one attached hydrogen (secondary N) is 1. The van der Waals surface area contributed by atoms with Gasteiger partial charge in [-0.15, -0.1) is 0 Å². The van der Waals surface area contributed by atoms with E-state index in [0.717, 1.165) is 18.4 Å². The normalized spacial score (nSPS) is 24.1. The first kappa shape index (κ1) is 14.5. The molecular weight excluding hydrogens is 268 g/mol. The number of hydrogen-bond acceptors (Lipinski definition) is 4. The number of carbonyl (C=O) groups excluding carboxylic acids is 1. The summed E-state index contributed by atoms with van der Waals surface area (Å²) in [6.45, 7) is 1.09. The first-order chi connectivity index (χ1) is 10.3. The lowest BCUT2D eigenvalue weighted by atomic mass is 9.94. The Balaban J connectivity index is 1.42. The lowest BCUT2D eigenvalue weighted by Gasteiger charge is -2.31. The molecule has 1 spiro atoms. The van der Waals surface area contributed by atoms with Crippen molar-refractivity contribution in [2.45, 2.75) is 50.4 Å². The van der Waals surface area contributed by atoms with Crippen molar-refractivity contribution < 1.29 is 14.3 Å². The van der Waals surface area contributed by atoms with Gasteiger partial charge in [-0.25, -0.2) is 0 Å². The van der Waals surface area contributed by atoms with Gasteiger partial charge in [0.15, 0.2) is 5.79 Å². The topological polar surface area (TPSA) is 60.5 Å². The van der Waals surface area contributed by atoms with Crippen LogP contribution in [0.5, 0.6) is 0 Å². The third kappa shape index (κ3) is 3.80. The van der Waals surface area contributed by atoms with E-state index in [1.54, 1.807) is 12.4 Å². The van der Waals surface area contributed by atoms with E-state index in [1.165, 1.54) is 19.3 Å². The SMILES string of the molecule is O=C(Cc1cccnc1)NC[C@@H]1COC2(CCCCC2)O1. The summed E-state index contributed by atoms with van der Waals surface area (Å²) in [5.74, 6) is -0.368. The van der Waals surface area contributed by atoms with Crippen molar-refractivity contribution in [1.82, 2.24) is 10.3 Å². The van der Waals surface area contributed by atoms with Gasteiger partial charge in [0.25, 0.3) is 0 Å². The van der Waals surface area contributed by atoms with Crippen LogP contribution in [0.3, 0.4) is 0 Å². The van der Waals surface area contributed by atoms with Crippen LogP contribution in [0.2, 0.25) is 0 Å². The van der Waals surface area contributed by atoms with Crippen LogP contribution in [0.1, 0.15) is 37.7 Å². The number of nitrogens with zero attached hydrogens (tertiary/aromatic N) is 1. The molecule has 1 saturated heterocycles. The molecule has 5 nitrogen and oxygen atoms in total. The number of ether oxygens (including phenoxy) is 2. The summed E-state index contributed by atoms with van der Waals surface area (Å²) in [6.07, 6.45) is 9.30. The monoisotopic (exact) mass is 290 g/mol. The summed E-state index contributed by atoms with van der Waals surface area (Å²) in [5.41, 5.74) is 0.919.